The summed E-state index contributed by atoms with van der Waals surface area (Å²) in [5.74, 6) is 0. The van der Waals surface area contributed by atoms with Crippen molar-refractivity contribution in [1.29, 1.82) is 5.41 Å². The van der Waals surface area contributed by atoms with Gasteiger partial charge in [0, 0.05) is 11.9 Å². The van der Waals surface area contributed by atoms with E-state index in [0.29, 0.717) is 5.71 Å². The van der Waals surface area contributed by atoms with Crippen LogP contribution in [-0.4, -0.2) is 11.4 Å². The van der Waals surface area contributed by atoms with E-state index in [0.717, 1.165) is 5.71 Å². The van der Waals surface area contributed by atoms with E-state index in [2.05, 4.69) is 27.6 Å². The smallest absolute Gasteiger partial charge is 0.0577 e. The zero-order valence-corrected chi connectivity index (χ0v) is 7.64. The van der Waals surface area contributed by atoms with E-state index in [1.54, 1.807) is 13.1 Å². The summed E-state index contributed by atoms with van der Waals surface area (Å²) in [5, 5.41) is 7.11. The average molecular weight is 236 g/mol. The summed E-state index contributed by atoms with van der Waals surface area (Å²) in [5.41, 5.74) is 1.28. The molecule has 0 aliphatic rings. The van der Waals surface area contributed by atoms with Gasteiger partial charge < -0.3 is 5.41 Å². The predicted octanol–water partition coefficient (Wildman–Crippen LogP) is 2.39. The van der Waals surface area contributed by atoms with Crippen LogP contribution in [0.15, 0.2) is 15.3 Å². The van der Waals surface area contributed by atoms with Crippen LogP contribution in [0.5, 0.6) is 0 Å². The third-order valence-corrected chi connectivity index (χ3v) is 1.19. The Morgan fingerprint density at radius 1 is 1.56 bits per heavy atom. The number of nitrogens with one attached hydrogen (secondary N) is 1. The molecule has 0 unspecified atom stereocenters. The van der Waals surface area contributed by atoms with Gasteiger partial charge in [-0.2, -0.15) is 0 Å². The van der Waals surface area contributed by atoms with Crippen LogP contribution in [0.3, 0.4) is 0 Å². The molecular weight excluding hydrogens is 227 g/mol. The van der Waals surface area contributed by atoms with Crippen LogP contribution < -0.4 is 0 Å². The highest BCUT2D eigenvalue weighted by molar-refractivity contribution is 14.1. The summed E-state index contributed by atoms with van der Waals surface area (Å²) in [4.78, 5) is 3.95. The minimum Gasteiger partial charge on any atom is -0.304 e. The van der Waals surface area contributed by atoms with Crippen LogP contribution in [0.4, 0.5) is 0 Å². The Bertz CT molecular complexity index is 158. The van der Waals surface area contributed by atoms with E-state index in [1.165, 1.54) is 0 Å². The standard InChI is InChI=1S/C6H9IN2/c1-5(8)6(2)9-4-3-7/h3-4,8H,1-2H3/b4-3-,8-5?,9-6-. The minimum absolute atomic E-state index is 0.518. The summed E-state index contributed by atoms with van der Waals surface area (Å²) in [7, 11) is 0. The molecule has 0 bridgehead atoms. The number of nitrogens with zero attached hydrogens (tertiary/aromatic N) is 1. The van der Waals surface area contributed by atoms with Crippen molar-refractivity contribution in [3.63, 3.8) is 0 Å². The molecule has 50 valence electrons. The zero-order valence-electron chi connectivity index (χ0n) is 5.48. The molecule has 0 radical (unpaired) electrons. The first-order valence-corrected chi connectivity index (χ1v) is 3.78. The molecule has 0 rings (SSSR count). The molecule has 0 aliphatic heterocycles. The predicted molar refractivity (Wildman–Crippen MR) is 49.7 cm³/mol. The number of hydrogen-bond donors (Lipinski definition) is 1. The number of hydrogen-bond acceptors (Lipinski definition) is 2. The van der Waals surface area contributed by atoms with Gasteiger partial charge in [-0.05, 0) is 17.9 Å². The topological polar surface area (TPSA) is 36.2 Å². The molecule has 0 aliphatic carbocycles. The lowest BCUT2D eigenvalue weighted by Crippen LogP contribution is -2.01. The Morgan fingerprint density at radius 3 is 2.44 bits per heavy atom. The molecule has 9 heavy (non-hydrogen) atoms. The van der Waals surface area contributed by atoms with E-state index < -0.39 is 0 Å². The van der Waals surface area contributed by atoms with Gasteiger partial charge in [-0.3, -0.25) is 4.99 Å². The first-order chi connectivity index (χ1) is 4.18. The lowest BCUT2D eigenvalue weighted by molar-refractivity contribution is 1.48. The highest BCUT2D eigenvalue weighted by atomic mass is 127. The summed E-state index contributed by atoms with van der Waals surface area (Å²) in [6.07, 6.45) is 1.67. The van der Waals surface area contributed by atoms with E-state index in [1.807, 2.05) is 11.0 Å². The molecule has 0 heterocycles. The summed E-state index contributed by atoms with van der Waals surface area (Å²) >= 11 is 2.09. The van der Waals surface area contributed by atoms with Crippen LogP contribution in [0.1, 0.15) is 13.8 Å². The monoisotopic (exact) mass is 236 g/mol. The van der Waals surface area contributed by atoms with Gasteiger partial charge in [0.05, 0.1) is 5.71 Å². The first-order valence-electron chi connectivity index (χ1n) is 2.53. The molecule has 0 spiro atoms. The van der Waals surface area contributed by atoms with E-state index in [4.69, 9.17) is 5.41 Å². The van der Waals surface area contributed by atoms with Crippen molar-refractivity contribution in [2.45, 2.75) is 13.8 Å². The molecule has 3 heteroatoms. The maximum Gasteiger partial charge on any atom is 0.0577 e. The molecule has 0 fully saturated rings. The van der Waals surface area contributed by atoms with Crippen LogP contribution in [0.2, 0.25) is 0 Å². The molecule has 0 aromatic rings. The second-order valence-electron chi connectivity index (χ2n) is 1.61. The van der Waals surface area contributed by atoms with Crippen molar-refractivity contribution >= 4 is 34.0 Å². The van der Waals surface area contributed by atoms with E-state index in [9.17, 15) is 0 Å². The van der Waals surface area contributed by atoms with Crippen molar-refractivity contribution in [3.8, 4) is 0 Å². The van der Waals surface area contributed by atoms with Crippen LogP contribution in [-0.2, 0) is 0 Å². The van der Waals surface area contributed by atoms with Gasteiger partial charge in [0.25, 0.3) is 0 Å². The van der Waals surface area contributed by atoms with Crippen LogP contribution in [0.25, 0.3) is 0 Å². The molecule has 0 amide bonds. The third-order valence-electron chi connectivity index (χ3n) is 0.867. The summed E-state index contributed by atoms with van der Waals surface area (Å²) in [6, 6.07) is 0. The first kappa shape index (κ1) is 8.81. The molecule has 0 aromatic heterocycles. The highest BCUT2D eigenvalue weighted by Crippen LogP contribution is 1.87. The molecule has 1 N–H and O–H groups in total. The number of rotatable bonds is 2. The van der Waals surface area contributed by atoms with Crippen molar-refractivity contribution in [2.75, 3.05) is 0 Å². The lowest BCUT2D eigenvalue weighted by Gasteiger charge is -1.89. The number of halogens is 1. The zero-order chi connectivity index (χ0) is 7.28. The fourth-order valence-corrected chi connectivity index (χ4v) is 0.398. The van der Waals surface area contributed by atoms with Crippen molar-refractivity contribution in [2.24, 2.45) is 4.99 Å². The van der Waals surface area contributed by atoms with E-state index in [-0.39, 0.29) is 0 Å². The summed E-state index contributed by atoms with van der Waals surface area (Å²) in [6.45, 7) is 3.54. The lowest BCUT2D eigenvalue weighted by atomic mass is 10.3. The molecule has 0 saturated heterocycles. The fraction of sp³-hybridized carbons (Fsp3) is 0.333. The average Bonchev–Trinajstić information content (AvgIpc) is 1.82. The Balaban J connectivity index is 4.00. The summed E-state index contributed by atoms with van der Waals surface area (Å²) < 4.78 is 1.81. The van der Waals surface area contributed by atoms with Crippen molar-refractivity contribution in [1.82, 2.24) is 0 Å². The van der Waals surface area contributed by atoms with Gasteiger partial charge in [0.2, 0.25) is 0 Å². The SMILES string of the molecule is CC(=N)/C(C)=N\C=C/I. The van der Waals surface area contributed by atoms with E-state index >= 15 is 0 Å². The van der Waals surface area contributed by atoms with Crippen LogP contribution in [0, 0.1) is 5.41 Å². The van der Waals surface area contributed by atoms with Gasteiger partial charge in [-0.15, -0.1) is 0 Å². The molecule has 0 atom stereocenters. The van der Waals surface area contributed by atoms with Crippen molar-refractivity contribution in [3.05, 3.63) is 10.3 Å². The maximum atomic E-state index is 7.11. The quantitative estimate of drug-likeness (QED) is 0.564. The van der Waals surface area contributed by atoms with Gasteiger partial charge in [-0.1, -0.05) is 22.6 Å². The largest absolute Gasteiger partial charge is 0.304 e. The van der Waals surface area contributed by atoms with Gasteiger partial charge in [-0.25, -0.2) is 0 Å². The maximum absolute atomic E-state index is 7.11. The van der Waals surface area contributed by atoms with Crippen molar-refractivity contribution < 1.29 is 0 Å². The van der Waals surface area contributed by atoms with Gasteiger partial charge in [0.1, 0.15) is 0 Å². The molecule has 0 aromatic carbocycles. The Morgan fingerprint density at radius 2 is 2.11 bits per heavy atom. The van der Waals surface area contributed by atoms with Gasteiger partial charge >= 0.3 is 0 Å². The second kappa shape index (κ2) is 4.67. The fourth-order valence-electron chi connectivity index (χ4n) is 0.237. The Hall–Kier alpha value is -0.190. The Labute approximate surface area is 68.7 Å². The van der Waals surface area contributed by atoms with Gasteiger partial charge in [0.15, 0.2) is 0 Å². The molecular formula is C6H9IN2. The minimum atomic E-state index is 0.518. The third kappa shape index (κ3) is 4.32. The molecule has 0 saturated carbocycles. The normalized spacial score (nSPS) is 12.6. The second-order valence-corrected chi connectivity index (χ2v) is 2.33. The Kier molecular flexibility index (Phi) is 4.57. The highest BCUT2D eigenvalue weighted by Gasteiger charge is 1.87. The van der Waals surface area contributed by atoms with Crippen LogP contribution >= 0.6 is 22.6 Å². The number of aliphatic imine (C=N–C) groups is 1. The molecule has 2 nitrogen and oxygen atoms in total.